The minimum Gasteiger partial charge on any atom is -0.444 e. The highest BCUT2D eigenvalue weighted by atomic mass is 79.9. The van der Waals surface area contributed by atoms with Crippen molar-refractivity contribution in [3.05, 3.63) is 82.2 Å². The van der Waals surface area contributed by atoms with Crippen LogP contribution in [-0.2, 0) is 11.3 Å². The van der Waals surface area contributed by atoms with Crippen LogP contribution in [0.4, 0.5) is 5.69 Å². The Morgan fingerprint density at radius 1 is 1.00 bits per heavy atom. The van der Waals surface area contributed by atoms with E-state index in [9.17, 15) is 14.4 Å². The van der Waals surface area contributed by atoms with Crippen molar-refractivity contribution in [1.82, 2.24) is 5.32 Å². The molecule has 1 heterocycles. The fraction of sp³-hybridized carbons (Fsp3) is 0.0952. The van der Waals surface area contributed by atoms with E-state index >= 15 is 0 Å². The molecule has 0 fully saturated rings. The number of hydrogen-bond donors (Lipinski definition) is 2. The quantitative estimate of drug-likeness (QED) is 0.428. The first-order valence-corrected chi connectivity index (χ1v) is 9.42. The first kappa shape index (κ1) is 20.3. The minimum atomic E-state index is -0.450. The molecule has 2 N–H and O–H groups in total. The van der Waals surface area contributed by atoms with Crippen molar-refractivity contribution in [1.29, 1.82) is 0 Å². The van der Waals surface area contributed by atoms with Gasteiger partial charge in [-0.2, -0.15) is 0 Å². The third-order valence-corrected chi connectivity index (χ3v) is 4.25. The number of hydrogen-bond acceptors (Lipinski definition) is 5. The number of benzene rings is 2. The number of anilines is 1. The average molecular weight is 457 g/mol. The molecule has 0 saturated carbocycles. The largest absolute Gasteiger partial charge is 0.444 e. The van der Waals surface area contributed by atoms with Gasteiger partial charge in [-0.1, -0.05) is 18.2 Å². The Kier molecular flexibility index (Phi) is 6.46. The van der Waals surface area contributed by atoms with Crippen LogP contribution in [0.15, 0.2) is 69.8 Å². The molecule has 3 aromatic rings. The molecule has 2 amide bonds. The zero-order chi connectivity index (χ0) is 20.8. The van der Waals surface area contributed by atoms with E-state index in [4.69, 9.17) is 9.15 Å². The van der Waals surface area contributed by atoms with Crippen LogP contribution in [0.2, 0.25) is 0 Å². The molecular formula is C21H17BrN2O5. The molecule has 0 unspecified atom stereocenters. The SMILES string of the molecule is CC(=O)Oc1cccc(C(=O)NCc2ccc(NC(=O)c3ccc(Br)o3)cc2)c1. The summed E-state index contributed by atoms with van der Waals surface area (Å²) in [7, 11) is 0. The van der Waals surface area contributed by atoms with Crippen molar-refractivity contribution in [2.24, 2.45) is 0 Å². The van der Waals surface area contributed by atoms with Gasteiger partial charge >= 0.3 is 5.97 Å². The molecule has 0 aliphatic rings. The summed E-state index contributed by atoms with van der Waals surface area (Å²) >= 11 is 3.15. The van der Waals surface area contributed by atoms with Crippen molar-refractivity contribution < 1.29 is 23.5 Å². The average Bonchev–Trinajstić information content (AvgIpc) is 3.13. The molecule has 0 aliphatic carbocycles. The molecule has 0 saturated heterocycles. The Morgan fingerprint density at radius 3 is 2.41 bits per heavy atom. The number of nitrogens with one attached hydrogen (secondary N) is 2. The normalized spacial score (nSPS) is 10.3. The zero-order valence-corrected chi connectivity index (χ0v) is 17.0. The summed E-state index contributed by atoms with van der Waals surface area (Å²) in [4.78, 5) is 35.4. The summed E-state index contributed by atoms with van der Waals surface area (Å²) in [5.74, 6) is -0.586. The monoisotopic (exact) mass is 456 g/mol. The molecule has 0 spiro atoms. The molecular weight excluding hydrogens is 440 g/mol. The standard InChI is InChI=1S/C21H17BrN2O5/c1-13(25)28-17-4-2-3-15(11-17)20(26)23-12-14-5-7-16(8-6-14)24-21(27)18-9-10-19(22)29-18/h2-11H,12H2,1H3,(H,23,26)(H,24,27). The Morgan fingerprint density at radius 2 is 1.76 bits per heavy atom. The van der Waals surface area contributed by atoms with Gasteiger partial charge < -0.3 is 19.8 Å². The Hall–Kier alpha value is -3.39. The fourth-order valence-corrected chi connectivity index (χ4v) is 2.79. The summed E-state index contributed by atoms with van der Waals surface area (Å²) in [6, 6.07) is 16.7. The highest BCUT2D eigenvalue weighted by molar-refractivity contribution is 9.10. The Bertz CT molecular complexity index is 1040. The zero-order valence-electron chi connectivity index (χ0n) is 15.4. The molecule has 2 aromatic carbocycles. The summed E-state index contributed by atoms with van der Waals surface area (Å²) < 4.78 is 10.7. The Labute approximate surface area is 175 Å². The molecule has 0 radical (unpaired) electrons. The molecule has 0 bridgehead atoms. The van der Waals surface area contributed by atoms with Gasteiger partial charge in [-0.25, -0.2) is 0 Å². The maximum atomic E-state index is 12.3. The van der Waals surface area contributed by atoms with Gasteiger partial charge in [0.2, 0.25) is 0 Å². The van der Waals surface area contributed by atoms with Gasteiger partial charge in [-0.3, -0.25) is 14.4 Å². The minimum absolute atomic E-state index is 0.198. The van der Waals surface area contributed by atoms with E-state index in [1.165, 1.54) is 13.0 Å². The van der Waals surface area contributed by atoms with E-state index in [2.05, 4.69) is 26.6 Å². The van der Waals surface area contributed by atoms with Crippen LogP contribution < -0.4 is 15.4 Å². The van der Waals surface area contributed by atoms with Crippen molar-refractivity contribution in [2.45, 2.75) is 13.5 Å². The third-order valence-electron chi connectivity index (χ3n) is 3.82. The second kappa shape index (κ2) is 9.20. The second-order valence-electron chi connectivity index (χ2n) is 6.06. The van der Waals surface area contributed by atoms with Crippen LogP contribution in [-0.4, -0.2) is 17.8 Å². The van der Waals surface area contributed by atoms with E-state index in [1.807, 2.05) is 0 Å². The summed E-state index contributed by atoms with van der Waals surface area (Å²) in [6.07, 6.45) is 0. The lowest BCUT2D eigenvalue weighted by Gasteiger charge is -2.08. The van der Waals surface area contributed by atoms with Gasteiger partial charge in [0.05, 0.1) is 0 Å². The van der Waals surface area contributed by atoms with Crippen LogP contribution in [0, 0.1) is 0 Å². The van der Waals surface area contributed by atoms with E-state index in [-0.39, 0.29) is 17.6 Å². The van der Waals surface area contributed by atoms with Crippen LogP contribution in [0.1, 0.15) is 33.4 Å². The molecule has 0 atom stereocenters. The van der Waals surface area contributed by atoms with Gasteiger partial charge in [0.1, 0.15) is 5.75 Å². The third kappa shape index (κ3) is 5.79. The Balaban J connectivity index is 1.55. The number of amides is 2. The number of ether oxygens (including phenoxy) is 1. The first-order chi connectivity index (χ1) is 13.9. The number of furan rings is 1. The van der Waals surface area contributed by atoms with Crippen molar-refractivity contribution in [3.8, 4) is 5.75 Å². The van der Waals surface area contributed by atoms with Crippen LogP contribution in [0.25, 0.3) is 0 Å². The maximum Gasteiger partial charge on any atom is 0.308 e. The lowest BCUT2D eigenvalue weighted by molar-refractivity contribution is -0.131. The van der Waals surface area contributed by atoms with E-state index in [0.29, 0.717) is 28.2 Å². The second-order valence-corrected chi connectivity index (χ2v) is 6.84. The maximum absolute atomic E-state index is 12.3. The van der Waals surface area contributed by atoms with Crippen LogP contribution in [0.5, 0.6) is 5.75 Å². The van der Waals surface area contributed by atoms with Crippen molar-refractivity contribution in [3.63, 3.8) is 0 Å². The molecule has 3 rings (SSSR count). The molecule has 29 heavy (non-hydrogen) atoms. The summed E-state index contributed by atoms with van der Waals surface area (Å²) in [5.41, 5.74) is 1.84. The predicted molar refractivity (Wildman–Crippen MR) is 110 cm³/mol. The number of rotatable bonds is 6. The summed E-state index contributed by atoms with van der Waals surface area (Å²) in [6.45, 7) is 1.60. The first-order valence-electron chi connectivity index (χ1n) is 8.63. The highest BCUT2D eigenvalue weighted by Crippen LogP contribution is 2.17. The van der Waals surface area contributed by atoms with Gasteiger partial charge in [-0.05, 0) is 64.0 Å². The topological polar surface area (TPSA) is 97.6 Å². The molecule has 8 heteroatoms. The number of carbonyl (C=O) groups excluding carboxylic acids is 3. The van der Waals surface area contributed by atoms with Crippen molar-refractivity contribution >= 4 is 39.4 Å². The fourth-order valence-electron chi connectivity index (χ4n) is 2.49. The van der Waals surface area contributed by atoms with Crippen LogP contribution >= 0.6 is 15.9 Å². The number of esters is 1. The lowest BCUT2D eigenvalue weighted by atomic mass is 10.1. The van der Waals surface area contributed by atoms with E-state index < -0.39 is 5.97 Å². The lowest BCUT2D eigenvalue weighted by Crippen LogP contribution is -2.22. The molecule has 148 valence electrons. The van der Waals surface area contributed by atoms with Gasteiger partial charge in [0.25, 0.3) is 11.8 Å². The molecule has 7 nitrogen and oxygen atoms in total. The molecule has 0 aliphatic heterocycles. The van der Waals surface area contributed by atoms with Crippen LogP contribution in [0.3, 0.4) is 0 Å². The van der Waals surface area contributed by atoms with E-state index in [0.717, 1.165) is 5.56 Å². The number of halogens is 1. The van der Waals surface area contributed by atoms with Crippen molar-refractivity contribution in [2.75, 3.05) is 5.32 Å². The highest BCUT2D eigenvalue weighted by Gasteiger charge is 2.11. The number of carbonyl (C=O) groups is 3. The predicted octanol–water partition coefficient (Wildman–Crippen LogP) is 4.15. The van der Waals surface area contributed by atoms with E-state index in [1.54, 1.807) is 54.6 Å². The smallest absolute Gasteiger partial charge is 0.308 e. The molecule has 1 aromatic heterocycles. The van der Waals surface area contributed by atoms with Gasteiger partial charge in [0.15, 0.2) is 10.4 Å². The summed E-state index contributed by atoms with van der Waals surface area (Å²) in [5, 5.41) is 5.53. The van der Waals surface area contributed by atoms with Gasteiger partial charge in [-0.15, -0.1) is 0 Å². The van der Waals surface area contributed by atoms with Gasteiger partial charge in [0, 0.05) is 24.7 Å².